The third kappa shape index (κ3) is 2.50. The fourth-order valence-corrected chi connectivity index (χ4v) is 2.07. The van der Waals surface area contributed by atoms with Crippen LogP contribution in [0.2, 0.25) is 0 Å². The molecule has 3 aromatic rings. The Morgan fingerprint density at radius 3 is 1.42 bits per heavy atom. The number of hydrogen-bond acceptors (Lipinski definition) is 1. The van der Waals surface area contributed by atoms with E-state index in [2.05, 4.69) is 4.90 Å². The minimum absolute atomic E-state index is 0.468. The normalized spacial score (nSPS) is 11.6. The van der Waals surface area contributed by atoms with E-state index in [1.807, 2.05) is 66.7 Å². The zero-order chi connectivity index (χ0) is 14.7. The second kappa shape index (κ2) is 5.40. The van der Waals surface area contributed by atoms with Gasteiger partial charge in [-0.1, -0.05) is 54.5 Å². The molecule has 0 saturated carbocycles. The van der Waals surface area contributed by atoms with E-state index in [-0.39, 0.29) is 0 Å². The van der Waals surface area contributed by atoms with Crippen LogP contribution in [0.4, 0.5) is 17.1 Å². The van der Waals surface area contributed by atoms with Crippen LogP contribution in [0.3, 0.4) is 0 Å². The van der Waals surface area contributed by atoms with Gasteiger partial charge in [-0.2, -0.15) is 0 Å². The van der Waals surface area contributed by atoms with Crippen molar-refractivity contribution in [2.45, 2.75) is 0 Å². The quantitative estimate of drug-likeness (QED) is 0.620. The molecule has 0 unspecified atom stereocenters. The Labute approximate surface area is 116 Å². The Balaban J connectivity index is 2.16. The maximum atomic E-state index is 7.83. The summed E-state index contributed by atoms with van der Waals surface area (Å²) in [6.07, 6.45) is 0. The van der Waals surface area contributed by atoms with Gasteiger partial charge in [-0.15, -0.1) is 0 Å². The van der Waals surface area contributed by atoms with Crippen LogP contribution in [0.1, 0.15) is 2.74 Å². The molecular weight excluding hydrogens is 230 g/mol. The summed E-state index contributed by atoms with van der Waals surface area (Å²) >= 11 is 0. The minimum atomic E-state index is 0.468. The van der Waals surface area contributed by atoms with Crippen LogP contribution in [0.15, 0.2) is 90.9 Å². The van der Waals surface area contributed by atoms with Crippen molar-refractivity contribution in [1.29, 1.82) is 0 Å². The van der Waals surface area contributed by atoms with E-state index >= 15 is 0 Å². The summed E-state index contributed by atoms with van der Waals surface area (Å²) < 4.78 is 15.7. The van der Waals surface area contributed by atoms with Gasteiger partial charge in [0.1, 0.15) is 0 Å². The average Bonchev–Trinajstić information content (AvgIpc) is 2.49. The Bertz CT molecular complexity index is 695. The second-order valence-electron chi connectivity index (χ2n) is 4.19. The predicted octanol–water partition coefficient (Wildman–Crippen LogP) is 5.16. The maximum Gasteiger partial charge on any atom is 0.0623 e. The number of hydrogen-bond donors (Lipinski definition) is 0. The summed E-state index contributed by atoms with van der Waals surface area (Å²) in [5.41, 5.74) is 2.84. The molecule has 0 aromatic heterocycles. The molecule has 0 N–H and O–H groups in total. The molecule has 0 heterocycles. The van der Waals surface area contributed by atoms with Crippen LogP contribution in [-0.2, 0) is 0 Å². The molecule has 0 spiro atoms. The summed E-state index contributed by atoms with van der Waals surface area (Å²) in [4.78, 5) is 2.05. The lowest BCUT2D eigenvalue weighted by Gasteiger charge is -2.25. The number of para-hydroxylation sites is 3. The summed E-state index contributed by atoms with van der Waals surface area (Å²) in [6.45, 7) is 0. The molecule has 0 aliphatic carbocycles. The first-order chi connectivity index (χ1) is 10.2. The fourth-order valence-electron chi connectivity index (χ4n) is 2.07. The van der Waals surface area contributed by atoms with Gasteiger partial charge in [-0.3, -0.25) is 0 Å². The van der Waals surface area contributed by atoms with Crippen LogP contribution >= 0.6 is 0 Å². The Kier molecular flexibility index (Phi) is 2.67. The highest BCUT2D eigenvalue weighted by molar-refractivity contribution is 5.76. The topological polar surface area (TPSA) is 3.24 Å². The first kappa shape index (κ1) is 9.40. The lowest BCUT2D eigenvalue weighted by atomic mass is 10.2. The molecule has 0 aliphatic heterocycles. The van der Waals surface area contributed by atoms with Crippen molar-refractivity contribution < 1.29 is 2.74 Å². The van der Waals surface area contributed by atoms with Crippen LogP contribution in [0.25, 0.3) is 0 Å². The van der Waals surface area contributed by atoms with Crippen molar-refractivity contribution in [3.8, 4) is 0 Å². The average molecular weight is 249 g/mol. The largest absolute Gasteiger partial charge is 0.311 e. The molecule has 3 aromatic carbocycles. The Morgan fingerprint density at radius 2 is 0.947 bits per heavy atom. The molecule has 0 radical (unpaired) electrons. The summed E-state index contributed by atoms with van der Waals surface area (Å²) in [5, 5.41) is 0. The first-order valence-electron chi connectivity index (χ1n) is 7.22. The van der Waals surface area contributed by atoms with Crippen molar-refractivity contribution >= 4 is 17.1 Å². The lowest BCUT2D eigenvalue weighted by molar-refractivity contribution is 1.28. The standard InChI is InChI=1S/C18H15N/c1-4-10-16(11-5-1)19(17-12-6-2-7-13-17)18-14-8-3-9-15-18/h1-15H/i4T,6T. The zero-order valence-electron chi connectivity index (χ0n) is 12.5. The molecule has 0 atom stereocenters. The van der Waals surface area contributed by atoms with Crippen molar-refractivity contribution in [2.24, 2.45) is 0 Å². The maximum absolute atomic E-state index is 7.83. The van der Waals surface area contributed by atoms with E-state index in [0.29, 0.717) is 12.1 Å². The summed E-state index contributed by atoms with van der Waals surface area (Å²) in [6, 6.07) is 25.8. The first-order valence-corrected chi connectivity index (χ1v) is 6.22. The van der Waals surface area contributed by atoms with E-state index in [9.17, 15) is 0 Å². The molecule has 0 saturated heterocycles. The summed E-state index contributed by atoms with van der Waals surface area (Å²) in [5.74, 6) is 0. The van der Waals surface area contributed by atoms with Crippen molar-refractivity contribution in [3.63, 3.8) is 0 Å². The van der Waals surface area contributed by atoms with Crippen LogP contribution in [-0.4, -0.2) is 0 Å². The van der Waals surface area contributed by atoms with Gasteiger partial charge in [0.05, 0.1) is 2.74 Å². The van der Waals surface area contributed by atoms with Crippen LogP contribution in [0, 0.1) is 0 Å². The SMILES string of the molecule is [3H]c1cccc(N(c2ccccc2)c2cccc([3H])c2)c1. The number of benzene rings is 3. The number of nitrogens with zero attached hydrogens (tertiary/aromatic N) is 1. The molecule has 92 valence electrons. The smallest absolute Gasteiger partial charge is 0.0623 e. The van der Waals surface area contributed by atoms with E-state index in [1.165, 1.54) is 0 Å². The van der Waals surface area contributed by atoms with E-state index < -0.39 is 0 Å². The lowest BCUT2D eigenvalue weighted by Crippen LogP contribution is -2.09. The molecule has 0 amide bonds. The summed E-state index contributed by atoms with van der Waals surface area (Å²) in [7, 11) is 0. The third-order valence-corrected chi connectivity index (χ3v) is 2.91. The highest BCUT2D eigenvalue weighted by atomic mass is 15.1. The van der Waals surface area contributed by atoms with Gasteiger partial charge in [0, 0.05) is 17.1 Å². The molecule has 0 bridgehead atoms. The Morgan fingerprint density at radius 1 is 0.526 bits per heavy atom. The van der Waals surface area contributed by atoms with Crippen LogP contribution < -0.4 is 4.90 Å². The van der Waals surface area contributed by atoms with E-state index in [0.717, 1.165) is 17.1 Å². The second-order valence-corrected chi connectivity index (χ2v) is 4.19. The van der Waals surface area contributed by atoms with E-state index in [4.69, 9.17) is 2.74 Å². The number of anilines is 3. The number of rotatable bonds is 3. The zero-order valence-corrected chi connectivity index (χ0v) is 10.5. The van der Waals surface area contributed by atoms with Gasteiger partial charge in [0.25, 0.3) is 0 Å². The van der Waals surface area contributed by atoms with Crippen molar-refractivity contribution in [3.05, 3.63) is 90.9 Å². The van der Waals surface area contributed by atoms with Gasteiger partial charge < -0.3 is 4.90 Å². The van der Waals surface area contributed by atoms with Gasteiger partial charge in [0.2, 0.25) is 0 Å². The van der Waals surface area contributed by atoms with Gasteiger partial charge >= 0.3 is 0 Å². The molecule has 0 aliphatic rings. The molecule has 3 rings (SSSR count). The molecule has 1 nitrogen and oxygen atoms in total. The molecule has 19 heavy (non-hydrogen) atoms. The van der Waals surface area contributed by atoms with Crippen LogP contribution in [0.5, 0.6) is 0 Å². The molecular formula is C18H15N. The predicted molar refractivity (Wildman–Crippen MR) is 81.1 cm³/mol. The van der Waals surface area contributed by atoms with Gasteiger partial charge in [0.15, 0.2) is 0 Å². The molecule has 0 fully saturated rings. The fraction of sp³-hybridized carbons (Fsp3) is 0. The van der Waals surface area contributed by atoms with Gasteiger partial charge in [-0.05, 0) is 36.4 Å². The van der Waals surface area contributed by atoms with Gasteiger partial charge in [-0.25, -0.2) is 0 Å². The van der Waals surface area contributed by atoms with Crippen molar-refractivity contribution in [1.82, 2.24) is 0 Å². The highest BCUT2D eigenvalue weighted by Gasteiger charge is 2.10. The highest BCUT2D eigenvalue weighted by Crippen LogP contribution is 2.33. The van der Waals surface area contributed by atoms with Crippen molar-refractivity contribution in [2.75, 3.05) is 4.90 Å². The van der Waals surface area contributed by atoms with E-state index in [1.54, 1.807) is 12.1 Å². The third-order valence-electron chi connectivity index (χ3n) is 2.91. The Hall–Kier alpha value is -2.54. The monoisotopic (exact) mass is 249 g/mol. The molecule has 1 heteroatoms. The minimum Gasteiger partial charge on any atom is -0.311 e.